The van der Waals surface area contributed by atoms with Crippen LogP contribution in [0, 0.1) is 11.8 Å². The molecule has 26 heavy (non-hydrogen) atoms. The van der Waals surface area contributed by atoms with Crippen LogP contribution in [0.4, 0.5) is 5.69 Å². The summed E-state index contributed by atoms with van der Waals surface area (Å²) in [6.07, 6.45) is 5.68. The number of carbonyl (C=O) groups is 2. The Hall–Kier alpha value is -1.59. The third kappa shape index (κ3) is 3.60. The average Bonchev–Trinajstić information content (AvgIpc) is 3.17. The number of piperidine rings is 1. The van der Waals surface area contributed by atoms with E-state index in [-0.39, 0.29) is 36.2 Å². The maximum Gasteiger partial charge on any atom is 0.232 e. The molecule has 0 bridgehead atoms. The van der Waals surface area contributed by atoms with Gasteiger partial charge in [0.15, 0.2) is 0 Å². The van der Waals surface area contributed by atoms with E-state index in [1.54, 1.807) is 0 Å². The number of anilines is 1. The van der Waals surface area contributed by atoms with Crippen LogP contribution in [0.1, 0.15) is 50.0 Å². The van der Waals surface area contributed by atoms with Crippen molar-refractivity contribution in [1.29, 1.82) is 0 Å². The third-order valence-electron chi connectivity index (χ3n) is 6.35. The molecule has 0 aromatic heterocycles. The lowest BCUT2D eigenvalue weighted by Crippen LogP contribution is -2.42. The topological polar surface area (TPSA) is 75.4 Å². The second kappa shape index (κ2) is 7.97. The molecule has 0 radical (unpaired) electrons. The van der Waals surface area contributed by atoms with Gasteiger partial charge < -0.3 is 16.0 Å². The Morgan fingerprint density at radius 3 is 2.58 bits per heavy atom. The number of rotatable bonds is 3. The van der Waals surface area contributed by atoms with E-state index in [2.05, 4.69) is 11.4 Å². The molecule has 1 unspecified atom stereocenters. The van der Waals surface area contributed by atoms with Gasteiger partial charge in [0.2, 0.25) is 11.8 Å². The molecule has 1 aromatic carbocycles. The summed E-state index contributed by atoms with van der Waals surface area (Å²) in [5.74, 6) is 0.982. The van der Waals surface area contributed by atoms with Crippen molar-refractivity contribution in [2.45, 2.75) is 50.5 Å². The highest BCUT2D eigenvalue weighted by Gasteiger charge is 2.39. The van der Waals surface area contributed by atoms with E-state index in [1.165, 1.54) is 0 Å². The number of hydrogen-bond acceptors (Lipinski definition) is 3. The lowest BCUT2D eigenvalue weighted by molar-refractivity contribution is -0.133. The van der Waals surface area contributed by atoms with Gasteiger partial charge in [-0.2, -0.15) is 0 Å². The summed E-state index contributed by atoms with van der Waals surface area (Å²) in [4.78, 5) is 27.0. The molecule has 2 heterocycles. The molecular weight excluding hydrogens is 350 g/mol. The zero-order valence-electron chi connectivity index (χ0n) is 15.0. The summed E-state index contributed by atoms with van der Waals surface area (Å²) in [5.41, 5.74) is 8.18. The van der Waals surface area contributed by atoms with Crippen molar-refractivity contribution in [3.05, 3.63) is 29.8 Å². The van der Waals surface area contributed by atoms with Crippen LogP contribution in [0.5, 0.6) is 0 Å². The van der Waals surface area contributed by atoms with Crippen LogP contribution >= 0.6 is 12.4 Å². The predicted molar refractivity (Wildman–Crippen MR) is 104 cm³/mol. The number of para-hydroxylation sites is 1. The van der Waals surface area contributed by atoms with Gasteiger partial charge in [-0.25, -0.2) is 0 Å². The minimum atomic E-state index is -0.0586. The summed E-state index contributed by atoms with van der Waals surface area (Å²) in [6, 6.07) is 8.17. The normalized spacial score (nSPS) is 28.4. The molecule has 1 aromatic rings. The number of amides is 2. The Kier molecular flexibility index (Phi) is 5.88. The summed E-state index contributed by atoms with van der Waals surface area (Å²) in [5, 5.41) is 3.00. The quantitative estimate of drug-likeness (QED) is 0.850. The first-order valence-electron chi connectivity index (χ1n) is 9.56. The first kappa shape index (κ1) is 19.2. The highest BCUT2D eigenvalue weighted by atomic mass is 35.5. The molecule has 4 rings (SSSR count). The van der Waals surface area contributed by atoms with E-state index >= 15 is 0 Å². The van der Waals surface area contributed by atoms with Crippen molar-refractivity contribution < 1.29 is 9.59 Å². The molecule has 0 spiro atoms. The van der Waals surface area contributed by atoms with Crippen LogP contribution in [0.2, 0.25) is 0 Å². The number of carbonyl (C=O) groups excluding carboxylic acids is 2. The minimum Gasteiger partial charge on any atom is -0.343 e. The molecule has 6 heteroatoms. The molecule has 1 aliphatic carbocycles. The van der Waals surface area contributed by atoms with Crippen LogP contribution in [-0.4, -0.2) is 35.8 Å². The van der Waals surface area contributed by atoms with Gasteiger partial charge in [0, 0.05) is 31.2 Å². The predicted octanol–water partition coefficient (Wildman–Crippen LogP) is 2.90. The first-order valence-corrected chi connectivity index (χ1v) is 9.56. The highest BCUT2D eigenvalue weighted by molar-refractivity contribution is 6.03. The van der Waals surface area contributed by atoms with Gasteiger partial charge in [-0.1, -0.05) is 24.6 Å². The summed E-state index contributed by atoms with van der Waals surface area (Å²) in [6.45, 7) is 1.52. The zero-order valence-corrected chi connectivity index (χ0v) is 15.8. The third-order valence-corrected chi connectivity index (χ3v) is 6.35. The van der Waals surface area contributed by atoms with Gasteiger partial charge in [-0.15, -0.1) is 12.4 Å². The number of fused-ring (bicyclic) bond motifs is 1. The number of benzene rings is 1. The Balaban J connectivity index is 0.00000196. The number of halogens is 1. The van der Waals surface area contributed by atoms with Crippen LogP contribution in [0.3, 0.4) is 0 Å². The maximum absolute atomic E-state index is 12.6. The monoisotopic (exact) mass is 377 g/mol. The van der Waals surface area contributed by atoms with Crippen molar-refractivity contribution >= 4 is 29.9 Å². The molecule has 2 aliphatic heterocycles. The first-order chi connectivity index (χ1) is 12.1. The summed E-state index contributed by atoms with van der Waals surface area (Å²) in [7, 11) is 0. The van der Waals surface area contributed by atoms with Gasteiger partial charge in [-0.3, -0.25) is 9.59 Å². The second-order valence-corrected chi connectivity index (χ2v) is 7.83. The fraction of sp³-hybridized carbons (Fsp3) is 0.600. The molecule has 3 atom stereocenters. The van der Waals surface area contributed by atoms with Gasteiger partial charge in [0.05, 0.1) is 5.92 Å². The Morgan fingerprint density at radius 2 is 1.88 bits per heavy atom. The molecule has 142 valence electrons. The molecule has 1 saturated heterocycles. The smallest absolute Gasteiger partial charge is 0.232 e. The second-order valence-electron chi connectivity index (χ2n) is 7.83. The zero-order chi connectivity index (χ0) is 17.4. The van der Waals surface area contributed by atoms with E-state index < -0.39 is 0 Å². The highest BCUT2D eigenvalue weighted by Crippen LogP contribution is 2.41. The van der Waals surface area contributed by atoms with Crippen LogP contribution in [0.15, 0.2) is 24.3 Å². The van der Waals surface area contributed by atoms with Crippen molar-refractivity contribution in [3.63, 3.8) is 0 Å². The molecule has 2 fully saturated rings. The molecular formula is C20H28ClN3O2. The van der Waals surface area contributed by atoms with Crippen LogP contribution in [0.25, 0.3) is 0 Å². The molecule has 3 N–H and O–H groups in total. The Bertz CT molecular complexity index is 673. The van der Waals surface area contributed by atoms with E-state index in [9.17, 15) is 9.59 Å². The molecule has 1 saturated carbocycles. The average molecular weight is 378 g/mol. The summed E-state index contributed by atoms with van der Waals surface area (Å²) < 4.78 is 0. The Labute approximate surface area is 161 Å². The minimum absolute atomic E-state index is 0. The van der Waals surface area contributed by atoms with Gasteiger partial charge in [0.25, 0.3) is 0 Å². The van der Waals surface area contributed by atoms with E-state index in [1.807, 2.05) is 23.1 Å². The standard InChI is InChI=1S/C20H27N3O2.ClH/c21-16-6-3-4-14(16)12-18(24)23-10-8-13(9-11-23)19-15-5-1-2-7-17(15)22-20(19)25;/h1-2,5,7,13-14,16,19H,3-4,6,8-12,21H2,(H,22,25);1H/t14-,16+,19?;/m0./s1. The fourth-order valence-corrected chi connectivity index (χ4v) is 4.86. The SMILES string of the molecule is Cl.N[C@@H]1CCC[C@H]1CC(=O)N1CCC(C2C(=O)Nc3ccccc32)CC1. The Morgan fingerprint density at radius 1 is 1.15 bits per heavy atom. The van der Waals surface area contributed by atoms with Gasteiger partial charge in [-0.05, 0) is 49.1 Å². The maximum atomic E-state index is 12.6. The van der Waals surface area contributed by atoms with E-state index in [0.717, 1.165) is 56.4 Å². The summed E-state index contributed by atoms with van der Waals surface area (Å²) >= 11 is 0. The molecule has 2 amide bonds. The number of nitrogens with two attached hydrogens (primary N) is 1. The van der Waals surface area contributed by atoms with Crippen LogP contribution in [-0.2, 0) is 9.59 Å². The number of likely N-dealkylation sites (tertiary alicyclic amines) is 1. The van der Waals surface area contributed by atoms with Crippen LogP contribution < -0.4 is 11.1 Å². The largest absolute Gasteiger partial charge is 0.343 e. The molecule has 3 aliphatic rings. The van der Waals surface area contributed by atoms with Gasteiger partial charge in [0.1, 0.15) is 0 Å². The van der Waals surface area contributed by atoms with Crippen molar-refractivity contribution in [1.82, 2.24) is 4.90 Å². The van der Waals surface area contributed by atoms with Crippen molar-refractivity contribution in [2.24, 2.45) is 17.6 Å². The number of hydrogen-bond donors (Lipinski definition) is 2. The van der Waals surface area contributed by atoms with Crippen molar-refractivity contribution in [2.75, 3.05) is 18.4 Å². The van der Waals surface area contributed by atoms with Gasteiger partial charge >= 0.3 is 0 Å². The molecule has 5 nitrogen and oxygen atoms in total. The van der Waals surface area contributed by atoms with E-state index in [0.29, 0.717) is 18.3 Å². The van der Waals surface area contributed by atoms with E-state index in [4.69, 9.17) is 5.73 Å². The number of nitrogens with one attached hydrogen (secondary N) is 1. The number of nitrogens with zero attached hydrogens (tertiary/aromatic N) is 1. The lowest BCUT2D eigenvalue weighted by Gasteiger charge is -2.35. The fourth-order valence-electron chi connectivity index (χ4n) is 4.86. The van der Waals surface area contributed by atoms with Crippen molar-refractivity contribution in [3.8, 4) is 0 Å². The lowest BCUT2D eigenvalue weighted by atomic mass is 9.80.